The maximum Gasteiger partial charge on any atom is 0.163 e. The zero-order valence-electron chi connectivity index (χ0n) is 27.0. The zero-order chi connectivity index (χ0) is 33.0. The number of fused-ring (bicyclic) bond motifs is 6. The highest BCUT2D eigenvalue weighted by Gasteiger charge is 2.26. The molecular weight excluding hydrogens is 631 g/mol. The normalized spacial score (nSPS) is 14.0. The van der Waals surface area contributed by atoms with E-state index in [-0.39, 0.29) is 5.92 Å². The van der Waals surface area contributed by atoms with Crippen LogP contribution in [0.1, 0.15) is 22.2 Å². The molecule has 0 saturated heterocycles. The molecular formula is C45H29N3OS. The third-order valence-electron chi connectivity index (χ3n) is 9.69. The molecule has 0 bridgehead atoms. The topological polar surface area (TPSA) is 51.8 Å². The molecule has 0 amide bonds. The predicted molar refractivity (Wildman–Crippen MR) is 206 cm³/mol. The van der Waals surface area contributed by atoms with Crippen LogP contribution < -0.4 is 0 Å². The Morgan fingerprint density at radius 2 is 1.10 bits per heavy atom. The Morgan fingerprint density at radius 3 is 1.82 bits per heavy atom. The highest BCUT2D eigenvalue weighted by atomic mass is 32.1. The molecule has 9 aromatic rings. The van der Waals surface area contributed by atoms with Crippen molar-refractivity contribution < 1.29 is 4.42 Å². The highest BCUT2D eigenvalue weighted by Crippen LogP contribution is 2.46. The van der Waals surface area contributed by atoms with Gasteiger partial charge in [-0.1, -0.05) is 140 Å². The van der Waals surface area contributed by atoms with Crippen molar-refractivity contribution in [2.24, 2.45) is 0 Å². The molecule has 0 spiro atoms. The lowest BCUT2D eigenvalue weighted by atomic mass is 9.88. The van der Waals surface area contributed by atoms with Crippen LogP contribution in [0.5, 0.6) is 0 Å². The van der Waals surface area contributed by atoms with E-state index in [2.05, 4.69) is 109 Å². The lowest BCUT2D eigenvalue weighted by Crippen LogP contribution is -2.11. The number of furan rings is 1. The van der Waals surface area contributed by atoms with Gasteiger partial charge in [0.25, 0.3) is 0 Å². The number of hydrogen-bond acceptors (Lipinski definition) is 5. The number of para-hydroxylation sites is 1. The number of nitrogens with zero attached hydrogens (tertiary/aromatic N) is 3. The van der Waals surface area contributed by atoms with Gasteiger partial charge in [0.2, 0.25) is 0 Å². The molecule has 0 fully saturated rings. The van der Waals surface area contributed by atoms with E-state index < -0.39 is 0 Å². The maximum atomic E-state index is 6.28. The number of thiophene rings is 1. The fourth-order valence-corrected chi connectivity index (χ4v) is 8.65. The predicted octanol–water partition coefficient (Wildman–Crippen LogP) is 12.0. The molecule has 50 heavy (non-hydrogen) atoms. The van der Waals surface area contributed by atoms with E-state index in [1.165, 1.54) is 42.8 Å². The van der Waals surface area contributed by atoms with Crippen LogP contribution in [0.15, 0.2) is 156 Å². The molecule has 10 rings (SSSR count). The Labute approximate surface area is 293 Å². The van der Waals surface area contributed by atoms with Gasteiger partial charge in [0.05, 0.1) is 0 Å². The molecule has 0 saturated carbocycles. The van der Waals surface area contributed by atoms with Crippen molar-refractivity contribution in [2.75, 3.05) is 0 Å². The highest BCUT2D eigenvalue weighted by molar-refractivity contribution is 7.19. The molecule has 3 heterocycles. The smallest absolute Gasteiger partial charge is 0.163 e. The van der Waals surface area contributed by atoms with E-state index in [4.69, 9.17) is 19.4 Å². The Morgan fingerprint density at radius 1 is 0.520 bits per heavy atom. The van der Waals surface area contributed by atoms with Gasteiger partial charge in [0.15, 0.2) is 11.6 Å². The number of benzene rings is 6. The SMILES string of the molecule is C1=CC(c2nc(-c3ccccc3)nc(-c3ccccc3)n2)Cc2sc3cccc(-c4ccccc4-c4cccc5oc6ccccc6c45)c3c21. The minimum absolute atomic E-state index is 0.0335. The average Bonchev–Trinajstić information content (AvgIpc) is 3.77. The molecule has 5 heteroatoms. The number of hydrogen-bond donors (Lipinski definition) is 0. The first-order valence-corrected chi connectivity index (χ1v) is 17.7. The second-order valence-electron chi connectivity index (χ2n) is 12.7. The second kappa shape index (κ2) is 11.8. The van der Waals surface area contributed by atoms with Gasteiger partial charge in [0.1, 0.15) is 17.0 Å². The molecule has 0 N–H and O–H groups in total. The summed E-state index contributed by atoms with van der Waals surface area (Å²) in [6.07, 6.45) is 5.42. The van der Waals surface area contributed by atoms with Crippen LogP contribution in [0, 0.1) is 0 Å². The van der Waals surface area contributed by atoms with E-state index in [0.29, 0.717) is 11.6 Å². The first kappa shape index (κ1) is 28.8. The number of allylic oxidation sites excluding steroid dienone is 1. The van der Waals surface area contributed by atoms with E-state index in [1.807, 2.05) is 59.9 Å². The van der Waals surface area contributed by atoms with Crippen molar-refractivity contribution in [1.82, 2.24) is 15.0 Å². The van der Waals surface area contributed by atoms with Crippen molar-refractivity contribution >= 4 is 49.4 Å². The van der Waals surface area contributed by atoms with Crippen LogP contribution in [0.4, 0.5) is 0 Å². The van der Waals surface area contributed by atoms with E-state index >= 15 is 0 Å². The van der Waals surface area contributed by atoms with Crippen molar-refractivity contribution in [3.05, 3.63) is 168 Å². The van der Waals surface area contributed by atoms with Gasteiger partial charge in [-0.25, -0.2) is 15.0 Å². The molecule has 1 aliphatic carbocycles. The van der Waals surface area contributed by atoms with Crippen LogP contribution in [0.25, 0.3) is 83.1 Å². The quantitative estimate of drug-likeness (QED) is 0.184. The molecule has 236 valence electrons. The largest absolute Gasteiger partial charge is 0.456 e. The van der Waals surface area contributed by atoms with Crippen molar-refractivity contribution in [3.8, 4) is 45.0 Å². The van der Waals surface area contributed by atoms with Gasteiger partial charge in [0, 0.05) is 42.8 Å². The molecule has 6 aromatic carbocycles. The summed E-state index contributed by atoms with van der Waals surface area (Å²) in [5.74, 6) is 2.22. The second-order valence-corrected chi connectivity index (χ2v) is 13.8. The van der Waals surface area contributed by atoms with Crippen molar-refractivity contribution in [2.45, 2.75) is 12.3 Å². The summed E-state index contributed by atoms with van der Waals surface area (Å²) >= 11 is 1.88. The Hall–Kier alpha value is -6.17. The monoisotopic (exact) mass is 659 g/mol. The van der Waals surface area contributed by atoms with Crippen LogP contribution in [-0.2, 0) is 6.42 Å². The molecule has 0 radical (unpaired) electrons. The number of rotatable bonds is 5. The third-order valence-corrected chi connectivity index (χ3v) is 10.9. The van der Waals surface area contributed by atoms with Crippen LogP contribution in [0.2, 0.25) is 0 Å². The lowest BCUT2D eigenvalue weighted by Gasteiger charge is -2.18. The van der Waals surface area contributed by atoms with Crippen molar-refractivity contribution in [1.29, 1.82) is 0 Å². The van der Waals surface area contributed by atoms with E-state index in [0.717, 1.165) is 45.3 Å². The summed E-state index contributed by atoms with van der Waals surface area (Å²) in [4.78, 5) is 16.4. The van der Waals surface area contributed by atoms with E-state index in [1.54, 1.807) is 0 Å². The van der Waals surface area contributed by atoms with Gasteiger partial charge < -0.3 is 4.42 Å². The first-order valence-electron chi connectivity index (χ1n) is 16.9. The minimum Gasteiger partial charge on any atom is -0.456 e. The van der Waals surface area contributed by atoms with Gasteiger partial charge in [-0.05, 0) is 52.4 Å². The van der Waals surface area contributed by atoms with E-state index in [9.17, 15) is 0 Å². The fourth-order valence-electron chi connectivity index (χ4n) is 7.37. The van der Waals surface area contributed by atoms with Crippen LogP contribution >= 0.6 is 11.3 Å². The van der Waals surface area contributed by atoms with Crippen LogP contribution in [-0.4, -0.2) is 15.0 Å². The van der Waals surface area contributed by atoms with Gasteiger partial charge >= 0.3 is 0 Å². The van der Waals surface area contributed by atoms with Gasteiger partial charge in [-0.3, -0.25) is 0 Å². The molecule has 1 unspecified atom stereocenters. The lowest BCUT2D eigenvalue weighted by molar-refractivity contribution is 0.669. The summed E-state index contributed by atoms with van der Waals surface area (Å²) in [5.41, 5.74) is 9.90. The van der Waals surface area contributed by atoms with Crippen LogP contribution in [0.3, 0.4) is 0 Å². The maximum absolute atomic E-state index is 6.28. The minimum atomic E-state index is 0.0335. The molecule has 1 aliphatic rings. The fraction of sp³-hybridized carbons (Fsp3) is 0.0444. The third kappa shape index (κ3) is 4.78. The van der Waals surface area contributed by atoms with Crippen molar-refractivity contribution in [3.63, 3.8) is 0 Å². The van der Waals surface area contributed by atoms with Gasteiger partial charge in [-0.2, -0.15) is 0 Å². The molecule has 3 aromatic heterocycles. The molecule has 1 atom stereocenters. The standard InChI is InChI=1S/C45H29N3OS/c1-3-13-28(14-4-1)43-46-44(29-15-5-2-6-16-29)48-45(47-43)30-25-26-36-40(27-30)50-39-24-12-21-34(42(36)39)32-18-8-7-17-31(32)33-20-11-23-38-41(33)35-19-9-10-22-37(35)49-38/h1-26,30H,27H2. The summed E-state index contributed by atoms with van der Waals surface area (Å²) in [6, 6.07) is 50.6. The average molecular weight is 660 g/mol. The summed E-state index contributed by atoms with van der Waals surface area (Å²) in [5, 5.41) is 3.58. The zero-order valence-corrected chi connectivity index (χ0v) is 27.8. The molecule has 4 nitrogen and oxygen atoms in total. The number of aromatic nitrogens is 3. The Kier molecular flexibility index (Phi) is 6.78. The summed E-state index contributed by atoms with van der Waals surface area (Å²) in [6.45, 7) is 0. The summed E-state index contributed by atoms with van der Waals surface area (Å²) < 4.78 is 7.56. The summed E-state index contributed by atoms with van der Waals surface area (Å²) in [7, 11) is 0. The Balaban J connectivity index is 1.09. The van der Waals surface area contributed by atoms with Gasteiger partial charge in [-0.15, -0.1) is 11.3 Å². The molecule has 0 aliphatic heterocycles. The first-order chi connectivity index (χ1) is 24.8. The Bertz CT molecular complexity index is 2690.